The van der Waals surface area contributed by atoms with Gasteiger partial charge in [-0.15, -0.1) is 0 Å². The largest absolute Gasteiger partial charge is 0.462 e. The molecule has 21 heavy (non-hydrogen) atoms. The lowest BCUT2D eigenvalue weighted by atomic mass is 10.0. The van der Waals surface area contributed by atoms with Gasteiger partial charge >= 0.3 is 5.97 Å². The van der Waals surface area contributed by atoms with Crippen molar-refractivity contribution in [3.05, 3.63) is 41.6 Å². The fraction of sp³-hybridized carbons (Fsp3) is 0.353. The number of pyridine rings is 1. The monoisotopic (exact) mass is 282 g/mol. The van der Waals surface area contributed by atoms with Crippen LogP contribution in [-0.4, -0.2) is 17.6 Å². The van der Waals surface area contributed by atoms with E-state index in [1.54, 1.807) is 6.07 Å². The molecule has 108 valence electrons. The number of para-hydroxylation sites is 1. The number of nitrogens with zero attached hydrogens (tertiary/aromatic N) is 2. The molecule has 0 bridgehead atoms. The SMILES string of the molecule is CC(C)c1cc(C(=O)OCCCC#N)c2ccccc2n1. The molecule has 0 radical (unpaired) electrons. The quantitative estimate of drug-likeness (QED) is 0.617. The molecule has 4 nitrogen and oxygen atoms in total. The van der Waals surface area contributed by atoms with Crippen LogP contribution >= 0.6 is 0 Å². The zero-order valence-electron chi connectivity index (χ0n) is 12.3. The lowest BCUT2D eigenvalue weighted by Gasteiger charge is -2.11. The Labute approximate surface area is 124 Å². The van der Waals surface area contributed by atoms with Gasteiger partial charge in [-0.1, -0.05) is 32.0 Å². The minimum absolute atomic E-state index is 0.236. The normalized spacial score (nSPS) is 10.6. The van der Waals surface area contributed by atoms with Crippen LogP contribution in [0, 0.1) is 11.3 Å². The topological polar surface area (TPSA) is 63.0 Å². The van der Waals surface area contributed by atoms with Gasteiger partial charge in [0.15, 0.2) is 0 Å². The maximum absolute atomic E-state index is 12.3. The van der Waals surface area contributed by atoms with Crippen molar-refractivity contribution < 1.29 is 9.53 Å². The first-order valence-corrected chi connectivity index (χ1v) is 7.07. The van der Waals surface area contributed by atoms with Gasteiger partial charge in [0.05, 0.1) is 23.8 Å². The summed E-state index contributed by atoms with van der Waals surface area (Å²) in [5, 5.41) is 9.29. The highest BCUT2D eigenvalue weighted by atomic mass is 16.5. The van der Waals surface area contributed by atoms with Gasteiger partial charge in [0.2, 0.25) is 0 Å². The average Bonchev–Trinajstić information content (AvgIpc) is 2.50. The van der Waals surface area contributed by atoms with Gasteiger partial charge in [0, 0.05) is 17.5 Å². The number of carbonyl (C=O) groups excluding carboxylic acids is 1. The minimum Gasteiger partial charge on any atom is -0.462 e. The first-order valence-electron chi connectivity index (χ1n) is 7.07. The van der Waals surface area contributed by atoms with Crippen molar-refractivity contribution >= 4 is 16.9 Å². The van der Waals surface area contributed by atoms with Crippen molar-refractivity contribution in [1.82, 2.24) is 4.98 Å². The summed E-state index contributed by atoms with van der Waals surface area (Å²) in [6.45, 7) is 4.35. The summed E-state index contributed by atoms with van der Waals surface area (Å²) in [5.74, 6) is -0.117. The molecule has 4 heteroatoms. The summed E-state index contributed by atoms with van der Waals surface area (Å²) in [6, 6.07) is 11.4. The molecule has 0 unspecified atom stereocenters. The van der Waals surface area contributed by atoms with Crippen LogP contribution in [-0.2, 0) is 4.74 Å². The van der Waals surface area contributed by atoms with Crippen LogP contribution in [0.15, 0.2) is 30.3 Å². The van der Waals surface area contributed by atoms with Gasteiger partial charge in [0.1, 0.15) is 0 Å². The van der Waals surface area contributed by atoms with Gasteiger partial charge < -0.3 is 4.74 Å². The second-order valence-electron chi connectivity index (χ2n) is 5.16. The second kappa shape index (κ2) is 6.85. The molecule has 0 aliphatic carbocycles. The van der Waals surface area contributed by atoms with E-state index in [2.05, 4.69) is 4.98 Å². The Hall–Kier alpha value is -2.41. The molecule has 0 fully saturated rings. The number of hydrogen-bond donors (Lipinski definition) is 0. The number of ether oxygens (including phenoxy) is 1. The second-order valence-corrected chi connectivity index (χ2v) is 5.16. The van der Waals surface area contributed by atoms with Crippen LogP contribution in [0.2, 0.25) is 0 Å². The third kappa shape index (κ3) is 3.57. The molecule has 0 amide bonds. The summed E-state index contributed by atoms with van der Waals surface area (Å²) in [5.41, 5.74) is 2.21. The summed E-state index contributed by atoms with van der Waals surface area (Å²) in [6.07, 6.45) is 0.948. The molecule has 0 spiro atoms. The Bertz CT molecular complexity index is 687. The zero-order valence-corrected chi connectivity index (χ0v) is 12.3. The van der Waals surface area contributed by atoms with E-state index < -0.39 is 0 Å². The Morgan fingerprint density at radius 2 is 2.14 bits per heavy atom. The summed E-state index contributed by atoms with van der Waals surface area (Å²) >= 11 is 0. The molecular formula is C17H18N2O2. The number of nitriles is 1. The summed E-state index contributed by atoms with van der Waals surface area (Å²) in [4.78, 5) is 16.8. The van der Waals surface area contributed by atoms with Gasteiger partial charge in [-0.25, -0.2) is 4.79 Å². The van der Waals surface area contributed by atoms with Crippen LogP contribution in [0.3, 0.4) is 0 Å². The van der Waals surface area contributed by atoms with Crippen LogP contribution in [0.4, 0.5) is 0 Å². The maximum atomic E-state index is 12.3. The van der Waals surface area contributed by atoms with E-state index in [1.807, 2.05) is 44.2 Å². The smallest absolute Gasteiger partial charge is 0.338 e. The number of esters is 1. The highest BCUT2D eigenvalue weighted by Gasteiger charge is 2.15. The van der Waals surface area contributed by atoms with Crippen molar-refractivity contribution in [1.29, 1.82) is 5.26 Å². The predicted octanol–water partition coefficient (Wildman–Crippen LogP) is 3.82. The summed E-state index contributed by atoms with van der Waals surface area (Å²) < 4.78 is 5.26. The number of hydrogen-bond acceptors (Lipinski definition) is 4. The number of rotatable bonds is 5. The molecule has 1 heterocycles. The van der Waals surface area contributed by atoms with E-state index in [4.69, 9.17) is 10.00 Å². The zero-order chi connectivity index (χ0) is 15.2. The molecule has 2 rings (SSSR count). The Morgan fingerprint density at radius 3 is 2.86 bits per heavy atom. The maximum Gasteiger partial charge on any atom is 0.338 e. The van der Waals surface area contributed by atoms with Crippen LogP contribution < -0.4 is 0 Å². The van der Waals surface area contributed by atoms with E-state index in [0.717, 1.165) is 16.6 Å². The molecule has 0 saturated carbocycles. The van der Waals surface area contributed by atoms with Gasteiger partial charge in [-0.05, 0) is 24.5 Å². The lowest BCUT2D eigenvalue weighted by Crippen LogP contribution is -2.09. The highest BCUT2D eigenvalue weighted by molar-refractivity contribution is 6.03. The van der Waals surface area contributed by atoms with Crippen molar-refractivity contribution in [3.8, 4) is 6.07 Å². The molecule has 0 aliphatic heterocycles. The number of benzene rings is 1. The third-order valence-corrected chi connectivity index (χ3v) is 3.21. The number of fused-ring (bicyclic) bond motifs is 1. The Kier molecular flexibility index (Phi) is 4.89. The van der Waals surface area contributed by atoms with Crippen LogP contribution in [0.25, 0.3) is 10.9 Å². The fourth-order valence-corrected chi connectivity index (χ4v) is 2.05. The molecule has 0 saturated heterocycles. The molecule has 0 aliphatic rings. The first kappa shape index (κ1) is 15.0. The van der Waals surface area contributed by atoms with Crippen molar-refractivity contribution in [2.45, 2.75) is 32.6 Å². The van der Waals surface area contributed by atoms with Gasteiger partial charge in [-0.2, -0.15) is 5.26 Å². The van der Waals surface area contributed by atoms with E-state index in [-0.39, 0.29) is 18.5 Å². The predicted molar refractivity (Wildman–Crippen MR) is 81.0 cm³/mol. The number of aromatic nitrogens is 1. The number of unbranched alkanes of at least 4 members (excludes halogenated alkanes) is 1. The van der Waals surface area contributed by atoms with Gasteiger partial charge in [-0.3, -0.25) is 4.98 Å². The van der Waals surface area contributed by atoms with Crippen LogP contribution in [0.5, 0.6) is 0 Å². The average molecular weight is 282 g/mol. The molecule has 2 aromatic rings. The molecule has 0 atom stereocenters. The molecular weight excluding hydrogens is 264 g/mol. The standard InChI is InChI=1S/C17H18N2O2/c1-12(2)16-11-14(17(20)21-10-6-5-9-18)13-7-3-4-8-15(13)19-16/h3-4,7-8,11-12H,5-6,10H2,1-2H3. The highest BCUT2D eigenvalue weighted by Crippen LogP contribution is 2.23. The third-order valence-electron chi connectivity index (χ3n) is 3.21. The Morgan fingerprint density at radius 1 is 1.38 bits per heavy atom. The van der Waals surface area contributed by atoms with Gasteiger partial charge in [0.25, 0.3) is 0 Å². The fourth-order valence-electron chi connectivity index (χ4n) is 2.05. The van der Waals surface area contributed by atoms with Crippen LogP contribution in [0.1, 0.15) is 48.7 Å². The molecule has 1 aromatic heterocycles. The van der Waals surface area contributed by atoms with Crippen molar-refractivity contribution in [2.24, 2.45) is 0 Å². The summed E-state index contributed by atoms with van der Waals surface area (Å²) in [7, 11) is 0. The van der Waals surface area contributed by atoms with E-state index in [9.17, 15) is 4.79 Å². The first-order chi connectivity index (χ1) is 10.1. The lowest BCUT2D eigenvalue weighted by molar-refractivity contribution is 0.0504. The van der Waals surface area contributed by atoms with E-state index in [0.29, 0.717) is 18.4 Å². The molecule has 1 aromatic carbocycles. The van der Waals surface area contributed by atoms with E-state index in [1.165, 1.54) is 0 Å². The molecule has 0 N–H and O–H groups in total. The van der Waals surface area contributed by atoms with Crippen molar-refractivity contribution in [2.75, 3.05) is 6.61 Å². The van der Waals surface area contributed by atoms with Crippen molar-refractivity contribution in [3.63, 3.8) is 0 Å². The Balaban J connectivity index is 2.32. The number of carbonyl (C=O) groups is 1. The minimum atomic E-state index is -0.353. The van der Waals surface area contributed by atoms with E-state index >= 15 is 0 Å².